The molecule has 1 aromatic carbocycles. The predicted octanol–water partition coefficient (Wildman–Crippen LogP) is 3.26. The first kappa shape index (κ1) is 14.6. The van der Waals surface area contributed by atoms with E-state index in [-0.39, 0.29) is 17.1 Å². The second-order valence-corrected chi connectivity index (χ2v) is 4.65. The lowest BCUT2D eigenvalue weighted by Crippen LogP contribution is -2.05. The first-order chi connectivity index (χ1) is 10.1. The maximum atomic E-state index is 10.9. The van der Waals surface area contributed by atoms with Crippen molar-refractivity contribution in [2.75, 3.05) is 5.43 Å². The Balaban J connectivity index is 2.11. The predicted molar refractivity (Wildman–Crippen MR) is 78.3 cm³/mol. The van der Waals surface area contributed by atoms with Crippen molar-refractivity contribution in [3.8, 4) is 0 Å². The molecule has 0 spiro atoms. The van der Waals surface area contributed by atoms with Gasteiger partial charge in [0.2, 0.25) is 0 Å². The molecular weight excluding hydrogens is 276 g/mol. The number of anilines is 1. The number of allylic oxidation sites excluding steroid dienone is 2. The molecule has 1 aromatic rings. The number of nitro groups is 2. The summed E-state index contributed by atoms with van der Waals surface area (Å²) < 4.78 is 0. The normalized spacial score (nSPS) is 17.8. The molecule has 0 aliphatic heterocycles. The van der Waals surface area contributed by atoms with Gasteiger partial charge in [-0.3, -0.25) is 25.7 Å². The monoisotopic (exact) mass is 290 g/mol. The molecule has 1 N–H and O–H groups in total. The van der Waals surface area contributed by atoms with Crippen LogP contribution in [0.5, 0.6) is 0 Å². The van der Waals surface area contributed by atoms with Crippen LogP contribution in [0.2, 0.25) is 0 Å². The molecule has 0 saturated carbocycles. The van der Waals surface area contributed by atoms with Crippen molar-refractivity contribution in [3.05, 3.63) is 50.6 Å². The van der Waals surface area contributed by atoms with E-state index in [9.17, 15) is 20.2 Å². The van der Waals surface area contributed by atoms with Gasteiger partial charge in [-0.05, 0) is 31.2 Å². The molecule has 1 aliphatic carbocycles. The summed E-state index contributed by atoms with van der Waals surface area (Å²) in [5.41, 5.74) is 2.03. The summed E-state index contributed by atoms with van der Waals surface area (Å²) in [6.45, 7) is 0. The minimum absolute atomic E-state index is 0.133. The largest absolute Gasteiger partial charge is 0.301 e. The first-order valence-electron chi connectivity index (χ1n) is 6.45. The standard InChI is InChI=1S/C13H14N4O4/c18-16(19)11-6-7-12(13(8-11)17(20)21)15-14-9-10-4-2-1-3-5-10/h1-2,6-10,15H,3-5H2/b14-9+/t10-/m0/s1. The van der Waals surface area contributed by atoms with Crippen molar-refractivity contribution >= 4 is 23.3 Å². The Hall–Kier alpha value is -2.77. The molecule has 0 fully saturated rings. The fourth-order valence-corrected chi connectivity index (χ4v) is 2.04. The second-order valence-electron chi connectivity index (χ2n) is 4.65. The van der Waals surface area contributed by atoms with Crippen LogP contribution in [0.25, 0.3) is 0 Å². The van der Waals surface area contributed by atoms with Crippen molar-refractivity contribution in [3.63, 3.8) is 0 Å². The van der Waals surface area contributed by atoms with Gasteiger partial charge in [-0.1, -0.05) is 12.2 Å². The summed E-state index contributed by atoms with van der Waals surface area (Å²) in [7, 11) is 0. The SMILES string of the molecule is O=[N+]([O-])c1ccc(N/N=C/[C@H]2CC=CCC2)c([N+](=O)[O-])c1. The maximum absolute atomic E-state index is 10.9. The van der Waals surface area contributed by atoms with Crippen molar-refractivity contribution in [1.29, 1.82) is 0 Å². The van der Waals surface area contributed by atoms with E-state index in [1.165, 1.54) is 12.1 Å². The van der Waals surface area contributed by atoms with Crippen LogP contribution < -0.4 is 5.43 Å². The number of nitro benzene ring substituents is 2. The average molecular weight is 290 g/mol. The maximum Gasteiger partial charge on any atom is 0.301 e. The molecule has 0 amide bonds. The zero-order valence-electron chi connectivity index (χ0n) is 11.1. The molecule has 1 aliphatic rings. The van der Waals surface area contributed by atoms with Gasteiger partial charge in [0.15, 0.2) is 0 Å². The number of rotatable bonds is 5. The molecule has 8 nitrogen and oxygen atoms in total. The lowest BCUT2D eigenvalue weighted by molar-refractivity contribution is -0.393. The second kappa shape index (κ2) is 6.60. The summed E-state index contributed by atoms with van der Waals surface area (Å²) in [5.74, 6) is 0.305. The molecule has 0 unspecified atom stereocenters. The van der Waals surface area contributed by atoms with Crippen LogP contribution in [0, 0.1) is 26.1 Å². The van der Waals surface area contributed by atoms with Gasteiger partial charge in [0.05, 0.1) is 15.9 Å². The number of benzene rings is 1. The van der Waals surface area contributed by atoms with Gasteiger partial charge in [0, 0.05) is 12.3 Å². The fourth-order valence-electron chi connectivity index (χ4n) is 2.04. The van der Waals surface area contributed by atoms with Gasteiger partial charge in [-0.15, -0.1) is 0 Å². The molecular formula is C13H14N4O4. The molecule has 0 heterocycles. The molecule has 110 valence electrons. The van der Waals surface area contributed by atoms with Gasteiger partial charge in [0.1, 0.15) is 5.69 Å². The van der Waals surface area contributed by atoms with Crippen molar-refractivity contribution in [1.82, 2.24) is 0 Å². The molecule has 0 aromatic heterocycles. The van der Waals surface area contributed by atoms with E-state index < -0.39 is 9.85 Å². The third-order valence-corrected chi connectivity index (χ3v) is 3.17. The van der Waals surface area contributed by atoms with Crippen LogP contribution in [0.4, 0.5) is 17.1 Å². The van der Waals surface area contributed by atoms with E-state index in [0.29, 0.717) is 5.92 Å². The first-order valence-corrected chi connectivity index (χ1v) is 6.45. The van der Waals surface area contributed by atoms with Crippen LogP contribution in [-0.2, 0) is 0 Å². The minimum atomic E-state index is -0.672. The molecule has 0 radical (unpaired) electrons. The Bertz CT molecular complexity index is 612. The van der Waals surface area contributed by atoms with E-state index in [4.69, 9.17) is 0 Å². The minimum Gasteiger partial charge on any atom is -0.272 e. The summed E-state index contributed by atoms with van der Waals surface area (Å²) in [5, 5.41) is 25.6. The summed E-state index contributed by atoms with van der Waals surface area (Å²) >= 11 is 0. The number of nitrogens with zero attached hydrogens (tertiary/aromatic N) is 3. The van der Waals surface area contributed by atoms with E-state index in [1.54, 1.807) is 6.21 Å². The lowest BCUT2D eigenvalue weighted by atomic mass is 9.96. The third-order valence-electron chi connectivity index (χ3n) is 3.17. The topological polar surface area (TPSA) is 111 Å². The van der Waals surface area contributed by atoms with Crippen LogP contribution in [-0.4, -0.2) is 16.1 Å². The fraction of sp³-hybridized carbons (Fsp3) is 0.308. The summed E-state index contributed by atoms with van der Waals surface area (Å²) in [6.07, 6.45) is 8.79. The van der Waals surface area contributed by atoms with Gasteiger partial charge < -0.3 is 0 Å². The van der Waals surface area contributed by atoms with Crippen LogP contribution in [0.3, 0.4) is 0 Å². The Morgan fingerprint density at radius 1 is 1.24 bits per heavy atom. The van der Waals surface area contributed by atoms with Gasteiger partial charge >= 0.3 is 5.69 Å². The van der Waals surface area contributed by atoms with E-state index in [2.05, 4.69) is 22.7 Å². The number of non-ortho nitro benzene ring substituents is 1. The Morgan fingerprint density at radius 3 is 2.67 bits per heavy atom. The zero-order chi connectivity index (χ0) is 15.2. The van der Waals surface area contributed by atoms with Gasteiger partial charge in [-0.25, -0.2) is 0 Å². The van der Waals surface area contributed by atoms with Crippen molar-refractivity contribution in [2.45, 2.75) is 19.3 Å². The summed E-state index contributed by atoms with van der Waals surface area (Å²) in [6, 6.07) is 3.41. The highest BCUT2D eigenvalue weighted by Gasteiger charge is 2.19. The molecule has 0 saturated heterocycles. The van der Waals surface area contributed by atoms with Gasteiger partial charge in [-0.2, -0.15) is 5.10 Å². The smallest absolute Gasteiger partial charge is 0.272 e. The van der Waals surface area contributed by atoms with E-state index in [1.807, 2.05) is 0 Å². The summed E-state index contributed by atoms with van der Waals surface area (Å²) in [4.78, 5) is 20.2. The number of nitrogens with one attached hydrogen (secondary N) is 1. The van der Waals surface area contributed by atoms with E-state index >= 15 is 0 Å². The average Bonchev–Trinajstić information content (AvgIpc) is 2.48. The third kappa shape index (κ3) is 3.85. The van der Waals surface area contributed by atoms with Crippen LogP contribution >= 0.6 is 0 Å². The van der Waals surface area contributed by atoms with Gasteiger partial charge in [0.25, 0.3) is 5.69 Å². The Labute approximate surface area is 120 Å². The molecule has 21 heavy (non-hydrogen) atoms. The molecule has 1 atom stereocenters. The number of hydrogen-bond acceptors (Lipinski definition) is 6. The van der Waals surface area contributed by atoms with E-state index in [0.717, 1.165) is 25.3 Å². The van der Waals surface area contributed by atoms with Crippen molar-refractivity contribution < 1.29 is 9.85 Å². The molecule has 8 heteroatoms. The number of hydrazone groups is 1. The number of hydrogen-bond donors (Lipinski definition) is 1. The van der Waals surface area contributed by atoms with Crippen LogP contribution in [0.15, 0.2) is 35.5 Å². The van der Waals surface area contributed by atoms with Crippen molar-refractivity contribution in [2.24, 2.45) is 11.0 Å². The zero-order valence-corrected chi connectivity index (χ0v) is 11.1. The highest BCUT2D eigenvalue weighted by Crippen LogP contribution is 2.29. The quantitative estimate of drug-likeness (QED) is 0.387. The highest BCUT2D eigenvalue weighted by atomic mass is 16.6. The highest BCUT2D eigenvalue weighted by molar-refractivity contribution is 5.68. The van der Waals surface area contributed by atoms with Crippen LogP contribution in [0.1, 0.15) is 19.3 Å². The molecule has 0 bridgehead atoms. The molecule has 2 rings (SSSR count). The lowest BCUT2D eigenvalue weighted by Gasteiger charge is -2.11. The Kier molecular flexibility index (Phi) is 4.60. The Morgan fingerprint density at radius 2 is 2.05 bits per heavy atom.